The van der Waals surface area contributed by atoms with Crippen LogP contribution in [0.5, 0.6) is 0 Å². The Labute approximate surface area is 160 Å². The first-order chi connectivity index (χ1) is 13.0. The first-order valence-electron chi connectivity index (χ1n) is 9.58. The van der Waals surface area contributed by atoms with Gasteiger partial charge in [0.15, 0.2) is 5.78 Å². The Kier molecular flexibility index (Phi) is 11.4. The molecule has 0 radical (unpaired) electrons. The maximum atomic E-state index is 12.1. The number of pyridine rings is 1. The number of carbonyl (C=O) groups excluding carboxylic acids is 2. The van der Waals surface area contributed by atoms with Crippen LogP contribution in [0.4, 0.5) is 0 Å². The van der Waals surface area contributed by atoms with Gasteiger partial charge in [-0.2, -0.15) is 0 Å². The summed E-state index contributed by atoms with van der Waals surface area (Å²) in [5.41, 5.74) is 1.71. The van der Waals surface area contributed by atoms with Crippen LogP contribution in [0, 0.1) is 0 Å². The normalized spacial score (nSPS) is 10.9. The predicted molar refractivity (Wildman–Crippen MR) is 103 cm³/mol. The molecular weight excluding hydrogens is 346 g/mol. The van der Waals surface area contributed by atoms with Crippen LogP contribution >= 0.6 is 0 Å². The van der Waals surface area contributed by atoms with Crippen LogP contribution in [0.25, 0.3) is 0 Å². The Morgan fingerprint density at radius 1 is 1.04 bits per heavy atom. The van der Waals surface area contributed by atoms with E-state index in [2.05, 4.69) is 11.9 Å². The minimum Gasteiger partial charge on any atom is -0.478 e. The molecule has 0 aliphatic rings. The molecule has 6 nitrogen and oxygen atoms in total. The number of rotatable bonds is 14. The zero-order valence-electron chi connectivity index (χ0n) is 16.0. The third-order valence-corrected chi connectivity index (χ3v) is 4.08. The van der Waals surface area contributed by atoms with Crippen molar-refractivity contribution < 1.29 is 24.2 Å². The maximum absolute atomic E-state index is 12.1. The number of carbonyl (C=O) groups is 3. The molecule has 1 rings (SSSR count). The molecule has 0 atom stereocenters. The highest BCUT2D eigenvalue weighted by atomic mass is 16.5. The Bertz CT molecular complexity index is 622. The van der Waals surface area contributed by atoms with Crippen molar-refractivity contribution in [3.05, 3.63) is 41.7 Å². The van der Waals surface area contributed by atoms with Gasteiger partial charge in [-0.05, 0) is 37.3 Å². The molecule has 0 saturated heterocycles. The van der Waals surface area contributed by atoms with Crippen molar-refractivity contribution >= 4 is 17.7 Å². The van der Waals surface area contributed by atoms with E-state index >= 15 is 0 Å². The molecule has 0 saturated carbocycles. The van der Waals surface area contributed by atoms with E-state index in [1.807, 2.05) is 12.1 Å². The lowest BCUT2D eigenvalue weighted by molar-refractivity contribution is -0.138. The quantitative estimate of drug-likeness (QED) is 0.227. The topological polar surface area (TPSA) is 93.6 Å². The Balaban J connectivity index is 2.08. The molecule has 27 heavy (non-hydrogen) atoms. The lowest BCUT2D eigenvalue weighted by Crippen LogP contribution is -2.04. The Hall–Kier alpha value is -2.50. The third kappa shape index (κ3) is 10.9. The fourth-order valence-corrected chi connectivity index (χ4v) is 2.52. The predicted octanol–water partition coefficient (Wildman–Crippen LogP) is 4.13. The largest absolute Gasteiger partial charge is 0.478 e. The molecule has 6 heteroatoms. The number of nitrogens with zero attached hydrogens (tertiary/aromatic N) is 1. The summed E-state index contributed by atoms with van der Waals surface area (Å²) < 4.78 is 4.88. The maximum Gasteiger partial charge on any atom is 0.331 e. The van der Waals surface area contributed by atoms with Gasteiger partial charge < -0.3 is 9.84 Å². The van der Waals surface area contributed by atoms with Crippen molar-refractivity contribution in [2.24, 2.45) is 0 Å². The molecular formula is C21H29NO5. The zero-order chi connectivity index (χ0) is 19.9. The van der Waals surface area contributed by atoms with E-state index in [0.29, 0.717) is 12.1 Å². The molecule has 1 aromatic heterocycles. The van der Waals surface area contributed by atoms with Crippen molar-refractivity contribution in [2.75, 3.05) is 6.61 Å². The monoisotopic (exact) mass is 375 g/mol. The molecule has 0 aliphatic heterocycles. The highest BCUT2D eigenvalue weighted by Gasteiger charge is 2.07. The van der Waals surface area contributed by atoms with Crippen molar-refractivity contribution in [1.29, 1.82) is 0 Å². The van der Waals surface area contributed by atoms with E-state index in [0.717, 1.165) is 63.5 Å². The van der Waals surface area contributed by atoms with Crippen LogP contribution in [-0.4, -0.2) is 34.4 Å². The van der Waals surface area contributed by atoms with Gasteiger partial charge in [-0.15, -0.1) is 0 Å². The third-order valence-electron chi connectivity index (χ3n) is 4.08. The summed E-state index contributed by atoms with van der Waals surface area (Å²) in [7, 11) is 0. The van der Waals surface area contributed by atoms with E-state index < -0.39 is 11.9 Å². The van der Waals surface area contributed by atoms with Gasteiger partial charge in [0.2, 0.25) is 0 Å². The molecule has 0 bridgehead atoms. The van der Waals surface area contributed by atoms with Crippen LogP contribution in [0.2, 0.25) is 0 Å². The van der Waals surface area contributed by atoms with Crippen LogP contribution < -0.4 is 0 Å². The molecule has 1 N–H and O–H groups in total. The van der Waals surface area contributed by atoms with Gasteiger partial charge in [-0.3, -0.25) is 9.78 Å². The second kappa shape index (κ2) is 13.7. The van der Waals surface area contributed by atoms with Crippen LogP contribution in [0.15, 0.2) is 30.5 Å². The van der Waals surface area contributed by atoms with Crippen molar-refractivity contribution in [3.8, 4) is 0 Å². The molecule has 0 fully saturated rings. The molecule has 0 aliphatic carbocycles. The van der Waals surface area contributed by atoms with E-state index in [9.17, 15) is 14.4 Å². The number of unbranched alkanes of at least 4 members (excludes halogenated alkanes) is 5. The lowest BCUT2D eigenvalue weighted by atomic mass is 10.1. The summed E-state index contributed by atoms with van der Waals surface area (Å²) in [6.45, 7) is 2.42. The summed E-state index contributed by atoms with van der Waals surface area (Å²) >= 11 is 0. The van der Waals surface area contributed by atoms with Crippen molar-refractivity contribution in [2.45, 2.75) is 64.7 Å². The number of hydrogen-bond acceptors (Lipinski definition) is 5. The number of carboxylic acids is 1. The van der Waals surface area contributed by atoms with Gasteiger partial charge in [0.1, 0.15) is 5.69 Å². The number of esters is 1. The van der Waals surface area contributed by atoms with Crippen molar-refractivity contribution in [3.63, 3.8) is 0 Å². The SMILES string of the molecule is CCCCc1ccc(C(=O)CCCCCCCOC(=O)/C=C/C(=O)O)nc1. The number of Topliss-reactive ketones (excluding diaryl/α,β-unsaturated/α-hetero) is 1. The second-order valence-corrected chi connectivity index (χ2v) is 6.44. The lowest BCUT2D eigenvalue weighted by Gasteiger charge is -2.04. The number of hydrogen-bond donors (Lipinski definition) is 1. The zero-order valence-corrected chi connectivity index (χ0v) is 16.0. The summed E-state index contributed by atoms with van der Waals surface area (Å²) in [5.74, 6) is -1.74. The molecule has 0 amide bonds. The van der Waals surface area contributed by atoms with Crippen LogP contribution in [0.3, 0.4) is 0 Å². The minimum absolute atomic E-state index is 0.0798. The van der Waals surface area contributed by atoms with Gasteiger partial charge in [-0.1, -0.05) is 38.7 Å². The average Bonchev–Trinajstić information content (AvgIpc) is 2.67. The number of carboxylic acid groups (broad SMARTS) is 1. The Morgan fingerprint density at radius 2 is 1.78 bits per heavy atom. The van der Waals surface area contributed by atoms with E-state index in [-0.39, 0.29) is 12.4 Å². The van der Waals surface area contributed by atoms with Crippen molar-refractivity contribution in [1.82, 2.24) is 4.98 Å². The molecule has 148 valence electrons. The van der Waals surface area contributed by atoms with Gasteiger partial charge in [0.25, 0.3) is 0 Å². The smallest absolute Gasteiger partial charge is 0.331 e. The van der Waals surface area contributed by atoms with Gasteiger partial charge in [0, 0.05) is 24.8 Å². The number of ketones is 1. The van der Waals surface area contributed by atoms with Gasteiger partial charge in [-0.25, -0.2) is 9.59 Å². The number of aromatic nitrogens is 1. The summed E-state index contributed by atoms with van der Waals surface area (Å²) in [6.07, 6.45) is 11.6. The van der Waals surface area contributed by atoms with Crippen LogP contribution in [0.1, 0.15) is 74.3 Å². The fourth-order valence-electron chi connectivity index (χ4n) is 2.52. The summed E-state index contributed by atoms with van der Waals surface area (Å²) in [4.78, 5) is 37.8. The molecule has 1 aromatic rings. The van der Waals surface area contributed by atoms with E-state index in [1.54, 1.807) is 6.20 Å². The standard InChI is InChI=1S/C21H29NO5/c1-2-3-9-17-11-12-18(22-16-17)19(23)10-7-5-4-6-8-15-27-21(26)14-13-20(24)25/h11-14,16H,2-10,15H2,1H3,(H,24,25)/b14-13+. The number of ether oxygens (including phenoxy) is 1. The molecule has 0 aromatic carbocycles. The molecule has 0 unspecified atom stereocenters. The summed E-state index contributed by atoms with van der Waals surface area (Å²) in [5, 5.41) is 8.39. The van der Waals surface area contributed by atoms with E-state index in [4.69, 9.17) is 9.84 Å². The molecule has 1 heterocycles. The number of aliphatic carboxylic acids is 1. The summed E-state index contributed by atoms with van der Waals surface area (Å²) in [6, 6.07) is 3.81. The first-order valence-corrected chi connectivity index (χ1v) is 9.58. The van der Waals surface area contributed by atoms with Gasteiger partial charge >= 0.3 is 11.9 Å². The highest BCUT2D eigenvalue weighted by Crippen LogP contribution is 2.11. The molecule has 0 spiro atoms. The second-order valence-electron chi connectivity index (χ2n) is 6.44. The average molecular weight is 375 g/mol. The number of aryl methyl sites for hydroxylation is 1. The fraction of sp³-hybridized carbons (Fsp3) is 0.524. The van der Waals surface area contributed by atoms with Crippen LogP contribution in [-0.2, 0) is 20.7 Å². The highest BCUT2D eigenvalue weighted by molar-refractivity contribution is 5.94. The first kappa shape index (κ1) is 22.5. The van der Waals surface area contributed by atoms with Gasteiger partial charge in [0.05, 0.1) is 6.61 Å². The minimum atomic E-state index is -1.18. The van der Waals surface area contributed by atoms with E-state index in [1.165, 1.54) is 5.56 Å². The Morgan fingerprint density at radius 3 is 2.44 bits per heavy atom.